The lowest BCUT2D eigenvalue weighted by atomic mass is 10.0. The second-order valence-corrected chi connectivity index (χ2v) is 10.3. The van der Waals surface area contributed by atoms with E-state index in [1.165, 1.54) is 12.2 Å². The molecule has 1 aliphatic carbocycles. The average molecular weight is 532 g/mol. The highest BCUT2D eigenvalue weighted by Crippen LogP contribution is 2.32. The van der Waals surface area contributed by atoms with Crippen LogP contribution in [-0.2, 0) is 11.2 Å². The zero-order valence-corrected chi connectivity index (χ0v) is 22.4. The molecule has 0 N–H and O–H groups in total. The molecule has 8 nitrogen and oxygen atoms in total. The monoisotopic (exact) mass is 531 g/mol. The molecule has 2 aliphatic heterocycles. The maximum Gasteiger partial charge on any atom is 0.170 e. The number of nitrogens with zero attached hydrogens (tertiary/aromatic N) is 7. The molecule has 3 aliphatic rings. The number of rotatable bonds is 6. The molecule has 38 heavy (non-hydrogen) atoms. The topological polar surface area (TPSA) is 80.2 Å². The average Bonchev–Trinajstić information content (AvgIpc) is 3.21. The minimum atomic E-state index is -0.348. The molecule has 196 valence electrons. The molecular weight excluding hydrogens is 501 g/mol. The van der Waals surface area contributed by atoms with Crippen molar-refractivity contribution in [1.29, 1.82) is 5.26 Å². The fourth-order valence-corrected chi connectivity index (χ4v) is 5.77. The van der Waals surface area contributed by atoms with Gasteiger partial charge < -0.3 is 14.6 Å². The Hall–Kier alpha value is -3.68. The highest BCUT2D eigenvalue weighted by molar-refractivity contribution is 8.14. The summed E-state index contributed by atoms with van der Waals surface area (Å²) >= 11 is 1.61. The van der Waals surface area contributed by atoms with Crippen molar-refractivity contribution in [2.24, 2.45) is 4.99 Å². The van der Waals surface area contributed by atoms with Gasteiger partial charge >= 0.3 is 0 Å². The number of hydrogen-bond donors (Lipinski definition) is 0. The van der Waals surface area contributed by atoms with Crippen LogP contribution in [0.5, 0.6) is 0 Å². The van der Waals surface area contributed by atoms with Gasteiger partial charge in [0.2, 0.25) is 0 Å². The Morgan fingerprint density at radius 1 is 1.21 bits per heavy atom. The Morgan fingerprint density at radius 2 is 2.03 bits per heavy atom. The smallest absolute Gasteiger partial charge is 0.170 e. The number of aliphatic imine (C=N–C) groups is 1. The van der Waals surface area contributed by atoms with E-state index in [-0.39, 0.29) is 12.2 Å². The number of piperazine rings is 1. The summed E-state index contributed by atoms with van der Waals surface area (Å²) in [6.45, 7) is 5.99. The number of carbonyl (C=O) groups is 1. The van der Waals surface area contributed by atoms with E-state index in [0.717, 1.165) is 66.9 Å². The SMILES string of the molecule is CCc1nc2ccc(N3CCN(CC=O)CC3)cn2c1N(C)C1=NC(C2=C(C#N)CC=C(F)C=C2)=CCS1. The molecule has 1 fully saturated rings. The zero-order valence-electron chi connectivity index (χ0n) is 21.6. The molecule has 4 heterocycles. The van der Waals surface area contributed by atoms with Crippen LogP contribution in [0.3, 0.4) is 0 Å². The van der Waals surface area contributed by atoms with Crippen molar-refractivity contribution in [3.05, 3.63) is 71.0 Å². The number of thioether (sulfide) groups is 1. The van der Waals surface area contributed by atoms with E-state index in [4.69, 9.17) is 9.98 Å². The lowest BCUT2D eigenvalue weighted by Crippen LogP contribution is -2.47. The minimum absolute atomic E-state index is 0.245. The number of pyridine rings is 1. The summed E-state index contributed by atoms with van der Waals surface area (Å²) in [6, 6.07) is 6.38. The number of anilines is 2. The molecule has 0 spiro atoms. The van der Waals surface area contributed by atoms with E-state index in [2.05, 4.69) is 44.4 Å². The third-order valence-corrected chi connectivity index (χ3v) is 7.97. The van der Waals surface area contributed by atoms with Crippen LogP contribution in [0.1, 0.15) is 19.0 Å². The molecule has 0 amide bonds. The molecule has 0 radical (unpaired) electrons. The van der Waals surface area contributed by atoms with Crippen LogP contribution in [0.15, 0.2) is 70.3 Å². The summed E-state index contributed by atoms with van der Waals surface area (Å²) in [6.07, 6.45) is 10.5. The van der Waals surface area contributed by atoms with Crippen molar-refractivity contribution in [3.63, 3.8) is 0 Å². The van der Waals surface area contributed by atoms with Crippen molar-refractivity contribution in [1.82, 2.24) is 14.3 Å². The van der Waals surface area contributed by atoms with Gasteiger partial charge in [0.1, 0.15) is 23.6 Å². The highest BCUT2D eigenvalue weighted by atomic mass is 32.2. The summed E-state index contributed by atoms with van der Waals surface area (Å²) in [4.78, 5) is 27.3. The summed E-state index contributed by atoms with van der Waals surface area (Å²) in [5.74, 6) is 1.30. The molecule has 2 aromatic heterocycles. The van der Waals surface area contributed by atoms with Crippen LogP contribution in [0.2, 0.25) is 0 Å². The van der Waals surface area contributed by atoms with Crippen LogP contribution < -0.4 is 9.80 Å². The molecule has 0 unspecified atom stereocenters. The Bertz CT molecular complexity index is 1440. The molecule has 0 bridgehead atoms. The first-order valence-corrected chi connectivity index (χ1v) is 13.8. The zero-order chi connectivity index (χ0) is 26.6. The van der Waals surface area contributed by atoms with Crippen molar-refractivity contribution in [3.8, 4) is 6.07 Å². The molecule has 2 aromatic rings. The highest BCUT2D eigenvalue weighted by Gasteiger charge is 2.24. The normalized spacial score (nSPS) is 18.6. The van der Waals surface area contributed by atoms with Crippen LogP contribution in [0.4, 0.5) is 15.9 Å². The van der Waals surface area contributed by atoms with Gasteiger partial charge in [0.05, 0.1) is 29.7 Å². The number of halogens is 1. The first kappa shape index (κ1) is 25.9. The molecule has 0 atom stereocenters. The standard InChI is InChI=1S/C28H30FN7OS/c1-3-24-27(36-19-22(7-9-26(36)31-24)35-13-11-34(12-14-35)15-16-37)33(2)28-32-25(10-17-38-28)23-8-6-21(29)5-4-20(23)18-30/h5-10,16,19H,3-4,11-15,17H2,1-2H3. The van der Waals surface area contributed by atoms with Gasteiger partial charge in [-0.1, -0.05) is 18.7 Å². The minimum Gasteiger partial charge on any atom is -0.368 e. The number of aromatic nitrogens is 2. The van der Waals surface area contributed by atoms with Crippen LogP contribution in [0, 0.1) is 11.3 Å². The van der Waals surface area contributed by atoms with Crippen molar-refractivity contribution < 1.29 is 9.18 Å². The van der Waals surface area contributed by atoms with Gasteiger partial charge in [0.15, 0.2) is 5.17 Å². The van der Waals surface area contributed by atoms with Crippen molar-refractivity contribution in [2.75, 3.05) is 55.3 Å². The van der Waals surface area contributed by atoms with E-state index >= 15 is 0 Å². The fourth-order valence-electron chi connectivity index (χ4n) is 4.94. The number of hydrogen-bond acceptors (Lipinski definition) is 8. The number of imidazole rings is 1. The number of nitriles is 1. The van der Waals surface area contributed by atoms with E-state index in [1.807, 2.05) is 19.2 Å². The quantitative estimate of drug-likeness (QED) is 0.515. The maximum atomic E-state index is 13.9. The Labute approximate surface area is 226 Å². The van der Waals surface area contributed by atoms with Gasteiger partial charge in [-0.3, -0.25) is 9.30 Å². The van der Waals surface area contributed by atoms with E-state index in [0.29, 0.717) is 29.1 Å². The molecule has 5 rings (SSSR count). The molecule has 0 saturated carbocycles. The van der Waals surface area contributed by atoms with Crippen LogP contribution in [0.25, 0.3) is 5.65 Å². The Morgan fingerprint density at radius 3 is 2.76 bits per heavy atom. The van der Waals surface area contributed by atoms with Gasteiger partial charge in [-0.2, -0.15) is 5.26 Å². The van der Waals surface area contributed by atoms with Gasteiger partial charge in [0.25, 0.3) is 0 Å². The third kappa shape index (κ3) is 5.17. The first-order valence-electron chi connectivity index (χ1n) is 12.8. The molecule has 1 saturated heterocycles. The fraction of sp³-hybridized carbons (Fsp3) is 0.357. The second kappa shape index (κ2) is 11.4. The second-order valence-electron chi connectivity index (χ2n) is 9.29. The van der Waals surface area contributed by atoms with E-state index < -0.39 is 0 Å². The van der Waals surface area contributed by atoms with Gasteiger partial charge in [-0.05, 0) is 42.9 Å². The Balaban J connectivity index is 1.47. The van der Waals surface area contributed by atoms with Gasteiger partial charge in [0, 0.05) is 62.7 Å². The van der Waals surface area contributed by atoms with E-state index in [9.17, 15) is 14.4 Å². The predicted molar refractivity (Wildman–Crippen MR) is 151 cm³/mol. The van der Waals surface area contributed by atoms with E-state index in [1.54, 1.807) is 17.8 Å². The van der Waals surface area contributed by atoms with Gasteiger partial charge in [-0.15, -0.1) is 0 Å². The largest absolute Gasteiger partial charge is 0.368 e. The summed E-state index contributed by atoms with van der Waals surface area (Å²) in [5, 5.41) is 10.5. The molecule has 10 heteroatoms. The number of fused-ring (bicyclic) bond motifs is 1. The molecular formula is C28H30FN7OS. The van der Waals surface area contributed by atoms with Crippen molar-refractivity contribution in [2.45, 2.75) is 19.8 Å². The number of amidine groups is 1. The lowest BCUT2D eigenvalue weighted by molar-refractivity contribution is -0.108. The summed E-state index contributed by atoms with van der Waals surface area (Å²) in [7, 11) is 1.99. The number of aldehydes is 1. The number of carbonyl (C=O) groups excluding carboxylic acids is 1. The first-order chi connectivity index (χ1) is 18.5. The maximum absolute atomic E-state index is 13.9. The predicted octanol–water partition coefficient (Wildman–Crippen LogP) is 4.27. The number of aryl methyl sites for hydroxylation is 1. The lowest BCUT2D eigenvalue weighted by Gasteiger charge is -2.35. The molecule has 0 aromatic carbocycles. The Kier molecular flexibility index (Phi) is 7.77. The summed E-state index contributed by atoms with van der Waals surface area (Å²) < 4.78 is 16.0. The van der Waals surface area contributed by atoms with Crippen LogP contribution >= 0.6 is 11.8 Å². The summed E-state index contributed by atoms with van der Waals surface area (Å²) in [5.41, 5.74) is 4.79. The van der Waals surface area contributed by atoms with Gasteiger partial charge in [-0.25, -0.2) is 14.4 Å². The third-order valence-electron chi connectivity index (χ3n) is 7.01. The van der Waals surface area contributed by atoms with Crippen LogP contribution in [-0.4, -0.2) is 71.3 Å². The van der Waals surface area contributed by atoms with Crippen molar-refractivity contribution >= 4 is 40.4 Å². The number of allylic oxidation sites excluding steroid dienone is 5.